The molecule has 1 rings (SSSR count). The van der Waals surface area contributed by atoms with Gasteiger partial charge in [-0.05, 0) is 19.1 Å². The number of ether oxygens (including phenoxy) is 2. The fourth-order valence-electron chi connectivity index (χ4n) is 1.86. The molecule has 1 aromatic carbocycles. The number of nitrogens with zero attached hydrogens (tertiary/aromatic N) is 1. The van der Waals surface area contributed by atoms with E-state index in [1.54, 1.807) is 6.92 Å². The fraction of sp³-hybridized carbons (Fsp3) is 0.538. The number of hydrogen-bond acceptors (Lipinski definition) is 4. The number of benzene rings is 1. The molecule has 0 saturated carbocycles. The van der Waals surface area contributed by atoms with Gasteiger partial charge in [0, 0.05) is 26.8 Å². The lowest BCUT2D eigenvalue weighted by atomic mass is 10.3. The van der Waals surface area contributed by atoms with Gasteiger partial charge in [-0.25, -0.2) is 12.8 Å². The minimum absolute atomic E-state index is 0.137. The number of rotatable bonds is 8. The van der Waals surface area contributed by atoms with Crippen LogP contribution >= 0.6 is 0 Å². The largest absolute Gasteiger partial charge is 0.383 e. The van der Waals surface area contributed by atoms with E-state index in [4.69, 9.17) is 9.47 Å². The molecule has 5 nitrogen and oxygen atoms in total. The van der Waals surface area contributed by atoms with Crippen LogP contribution in [0.3, 0.4) is 0 Å². The van der Waals surface area contributed by atoms with Crippen LogP contribution in [-0.4, -0.2) is 52.7 Å². The molecule has 0 aliphatic rings. The summed E-state index contributed by atoms with van der Waals surface area (Å²) in [6.45, 7) is 2.29. The van der Waals surface area contributed by atoms with E-state index in [0.717, 1.165) is 6.07 Å². The topological polar surface area (TPSA) is 55.8 Å². The molecule has 114 valence electrons. The Balaban J connectivity index is 3.13. The van der Waals surface area contributed by atoms with Crippen molar-refractivity contribution in [2.24, 2.45) is 0 Å². The summed E-state index contributed by atoms with van der Waals surface area (Å²) in [6.07, 6.45) is 0. The number of hydrogen-bond donors (Lipinski definition) is 0. The predicted octanol–water partition coefficient (Wildman–Crippen LogP) is 1.50. The van der Waals surface area contributed by atoms with Crippen LogP contribution in [0.2, 0.25) is 0 Å². The Morgan fingerprint density at radius 3 is 2.45 bits per heavy atom. The molecule has 1 unspecified atom stereocenters. The molecule has 0 aliphatic heterocycles. The first-order valence-corrected chi connectivity index (χ1v) is 7.63. The second kappa shape index (κ2) is 7.68. The van der Waals surface area contributed by atoms with E-state index in [0.29, 0.717) is 0 Å². The molecule has 7 heteroatoms. The Labute approximate surface area is 119 Å². The highest BCUT2D eigenvalue weighted by molar-refractivity contribution is 7.89. The summed E-state index contributed by atoms with van der Waals surface area (Å²) in [4.78, 5) is -0.334. The zero-order valence-corrected chi connectivity index (χ0v) is 12.7. The molecule has 0 aliphatic carbocycles. The van der Waals surface area contributed by atoms with Gasteiger partial charge in [0.1, 0.15) is 10.7 Å². The van der Waals surface area contributed by atoms with Gasteiger partial charge in [0.25, 0.3) is 0 Å². The smallest absolute Gasteiger partial charge is 0.246 e. The van der Waals surface area contributed by atoms with Gasteiger partial charge in [-0.15, -0.1) is 0 Å². The molecule has 1 atom stereocenters. The molecule has 0 fully saturated rings. The summed E-state index contributed by atoms with van der Waals surface area (Å²) < 4.78 is 49.9. The minimum atomic E-state index is -3.93. The van der Waals surface area contributed by atoms with E-state index >= 15 is 0 Å². The van der Waals surface area contributed by atoms with Crippen molar-refractivity contribution in [1.29, 1.82) is 0 Å². The minimum Gasteiger partial charge on any atom is -0.383 e. The molecule has 0 amide bonds. The van der Waals surface area contributed by atoms with Crippen LogP contribution in [0.1, 0.15) is 6.92 Å². The van der Waals surface area contributed by atoms with Crippen LogP contribution in [0.4, 0.5) is 4.39 Å². The highest BCUT2D eigenvalue weighted by atomic mass is 32.2. The average molecular weight is 305 g/mol. The van der Waals surface area contributed by atoms with E-state index < -0.39 is 21.9 Å². The molecule has 20 heavy (non-hydrogen) atoms. The first-order chi connectivity index (χ1) is 9.45. The first kappa shape index (κ1) is 17.0. The third kappa shape index (κ3) is 3.99. The van der Waals surface area contributed by atoms with Crippen molar-refractivity contribution in [3.63, 3.8) is 0 Å². The van der Waals surface area contributed by atoms with Gasteiger partial charge in [-0.1, -0.05) is 12.1 Å². The van der Waals surface area contributed by atoms with Crippen molar-refractivity contribution < 1.29 is 22.3 Å². The molecule has 0 aromatic heterocycles. The predicted molar refractivity (Wildman–Crippen MR) is 73.5 cm³/mol. The van der Waals surface area contributed by atoms with Crippen LogP contribution in [0.25, 0.3) is 0 Å². The average Bonchev–Trinajstić information content (AvgIpc) is 2.39. The third-order valence-electron chi connectivity index (χ3n) is 2.84. The molecule has 0 spiro atoms. The maximum Gasteiger partial charge on any atom is 0.246 e. The molecule has 0 saturated heterocycles. The number of methoxy groups -OCH3 is 2. The van der Waals surface area contributed by atoms with Gasteiger partial charge in [-0.3, -0.25) is 0 Å². The first-order valence-electron chi connectivity index (χ1n) is 6.19. The summed E-state index contributed by atoms with van der Waals surface area (Å²) in [5.41, 5.74) is 0. The monoisotopic (exact) mass is 305 g/mol. The van der Waals surface area contributed by atoms with E-state index in [9.17, 15) is 12.8 Å². The molecular formula is C13H20FNO4S. The van der Waals surface area contributed by atoms with Crippen LogP contribution in [0.5, 0.6) is 0 Å². The zero-order chi connectivity index (χ0) is 15.2. The maximum atomic E-state index is 13.7. The lowest BCUT2D eigenvalue weighted by Crippen LogP contribution is -2.43. The zero-order valence-electron chi connectivity index (χ0n) is 11.9. The Morgan fingerprint density at radius 2 is 1.90 bits per heavy atom. The van der Waals surface area contributed by atoms with Gasteiger partial charge in [0.2, 0.25) is 10.0 Å². The van der Waals surface area contributed by atoms with Crippen molar-refractivity contribution in [1.82, 2.24) is 4.31 Å². The molecule has 0 heterocycles. The van der Waals surface area contributed by atoms with Crippen molar-refractivity contribution in [2.45, 2.75) is 17.9 Å². The van der Waals surface area contributed by atoms with Gasteiger partial charge < -0.3 is 9.47 Å². The summed E-state index contributed by atoms with van der Waals surface area (Å²) in [5.74, 6) is -0.764. The Bertz CT molecular complexity index is 521. The van der Waals surface area contributed by atoms with Gasteiger partial charge in [0.15, 0.2) is 0 Å². The quantitative estimate of drug-likeness (QED) is 0.730. The van der Waals surface area contributed by atoms with E-state index in [2.05, 4.69) is 0 Å². The standard InChI is InChI=1S/C13H20FNO4S/c1-11(10-19-3)15(8-9-18-2)20(16,17)13-7-5-4-6-12(13)14/h4-7,11H,8-10H2,1-3H3. The van der Waals surface area contributed by atoms with E-state index in [1.165, 1.54) is 36.7 Å². The van der Waals surface area contributed by atoms with Gasteiger partial charge >= 0.3 is 0 Å². The Morgan fingerprint density at radius 1 is 1.25 bits per heavy atom. The molecule has 1 aromatic rings. The molecule has 0 N–H and O–H groups in total. The van der Waals surface area contributed by atoms with Crippen LogP contribution in [0, 0.1) is 5.82 Å². The summed E-state index contributed by atoms with van der Waals surface area (Å²) in [5, 5.41) is 0. The molecule has 0 radical (unpaired) electrons. The summed E-state index contributed by atoms with van der Waals surface area (Å²) in [7, 11) is -0.959. The second-order valence-corrected chi connectivity index (χ2v) is 6.20. The lowest BCUT2D eigenvalue weighted by Gasteiger charge is -2.27. The summed E-state index contributed by atoms with van der Waals surface area (Å²) in [6, 6.07) is 4.91. The number of halogens is 1. The lowest BCUT2D eigenvalue weighted by molar-refractivity contribution is 0.119. The van der Waals surface area contributed by atoms with Crippen molar-refractivity contribution in [2.75, 3.05) is 34.0 Å². The number of sulfonamides is 1. The van der Waals surface area contributed by atoms with E-state index in [-0.39, 0.29) is 24.7 Å². The van der Waals surface area contributed by atoms with Gasteiger partial charge in [-0.2, -0.15) is 4.31 Å². The van der Waals surface area contributed by atoms with Gasteiger partial charge in [0.05, 0.1) is 13.2 Å². The van der Waals surface area contributed by atoms with Crippen molar-refractivity contribution in [3.8, 4) is 0 Å². The SMILES string of the molecule is COCCN(C(C)COC)S(=O)(=O)c1ccccc1F. The fourth-order valence-corrected chi connectivity index (χ4v) is 3.53. The normalized spacial score (nSPS) is 13.7. The summed E-state index contributed by atoms with van der Waals surface area (Å²) >= 11 is 0. The molecule has 0 bridgehead atoms. The van der Waals surface area contributed by atoms with Crippen molar-refractivity contribution >= 4 is 10.0 Å². The van der Waals surface area contributed by atoms with Crippen molar-refractivity contribution in [3.05, 3.63) is 30.1 Å². The second-order valence-electron chi connectivity index (χ2n) is 4.34. The Hall–Kier alpha value is -1.02. The molecular weight excluding hydrogens is 285 g/mol. The van der Waals surface area contributed by atoms with E-state index in [1.807, 2.05) is 0 Å². The van der Waals surface area contributed by atoms with Crippen LogP contribution in [0.15, 0.2) is 29.2 Å². The maximum absolute atomic E-state index is 13.7. The third-order valence-corrected chi connectivity index (χ3v) is 4.89. The highest BCUT2D eigenvalue weighted by Gasteiger charge is 2.30. The Kier molecular flexibility index (Phi) is 6.54. The van der Waals surface area contributed by atoms with Crippen LogP contribution in [-0.2, 0) is 19.5 Å². The highest BCUT2D eigenvalue weighted by Crippen LogP contribution is 2.21. The van der Waals surface area contributed by atoms with Crippen LogP contribution < -0.4 is 0 Å².